The summed E-state index contributed by atoms with van der Waals surface area (Å²) in [4.78, 5) is 13.8. The smallest absolute Gasteiger partial charge is 0.166 e. The second-order valence-electron chi connectivity index (χ2n) is 16.7. The van der Waals surface area contributed by atoms with E-state index < -0.39 is 23.2 Å². The predicted molar refractivity (Wildman–Crippen MR) is 164 cm³/mol. The van der Waals surface area contributed by atoms with Gasteiger partial charge in [-0.05, 0) is 117 Å². The van der Waals surface area contributed by atoms with E-state index in [2.05, 4.69) is 58.6 Å². The number of hydrogen-bond donors (Lipinski definition) is 3. The number of carbonyl (C=O) groups is 1. The quantitative estimate of drug-likeness (QED) is 0.357. The summed E-state index contributed by atoms with van der Waals surface area (Å²) in [5, 5.41) is 28.1. The van der Waals surface area contributed by atoms with Gasteiger partial charge in [0.25, 0.3) is 0 Å². The molecule has 43 heavy (non-hydrogen) atoms. The van der Waals surface area contributed by atoms with Crippen LogP contribution in [0.25, 0.3) is 0 Å². The Bertz CT molecular complexity index is 1530. The summed E-state index contributed by atoms with van der Waals surface area (Å²) in [5.41, 5.74) is 4.30. The minimum Gasteiger partial charge on any atom is -0.386 e. The number of carbonyl (C=O) groups excluding carboxylic acids is 1. The Morgan fingerprint density at radius 3 is 2.58 bits per heavy atom. The lowest BCUT2D eigenvalue weighted by atomic mass is 9.42. The molecule has 6 nitrogen and oxygen atoms in total. The largest absolute Gasteiger partial charge is 0.386 e. The van der Waals surface area contributed by atoms with Crippen molar-refractivity contribution in [3.8, 4) is 0 Å². The number of aliphatic hydroxyl groups is 2. The fourth-order valence-corrected chi connectivity index (χ4v) is 12.6. The third kappa shape index (κ3) is 2.87. The van der Waals surface area contributed by atoms with Gasteiger partial charge in [0.05, 0.1) is 23.4 Å². The number of aliphatic hydroxyl groups excluding tert-OH is 1. The highest BCUT2D eigenvalue weighted by Crippen LogP contribution is 2.76. The molecule has 8 aliphatic rings. The van der Waals surface area contributed by atoms with Crippen molar-refractivity contribution >= 4 is 11.5 Å². The number of hydrogen-bond acceptors (Lipinski definition) is 6. The van der Waals surface area contributed by atoms with Gasteiger partial charge >= 0.3 is 0 Å². The molecular formula is C37H47NO5. The van der Waals surface area contributed by atoms with E-state index in [0.717, 1.165) is 42.4 Å². The lowest BCUT2D eigenvalue weighted by molar-refractivity contribution is -0.228. The van der Waals surface area contributed by atoms with Crippen molar-refractivity contribution in [1.82, 2.24) is 0 Å². The molecule has 9 rings (SSSR count). The minimum atomic E-state index is -1.09. The van der Waals surface area contributed by atoms with Gasteiger partial charge in [0.2, 0.25) is 0 Å². The van der Waals surface area contributed by atoms with Crippen LogP contribution in [-0.2, 0) is 9.47 Å². The van der Waals surface area contributed by atoms with Crippen LogP contribution in [0.5, 0.6) is 0 Å². The number of benzene rings is 1. The van der Waals surface area contributed by atoms with Gasteiger partial charge in [-0.2, -0.15) is 0 Å². The predicted octanol–water partition coefficient (Wildman–Crippen LogP) is 5.89. The van der Waals surface area contributed by atoms with Gasteiger partial charge in [0, 0.05) is 40.0 Å². The first-order chi connectivity index (χ1) is 20.2. The monoisotopic (exact) mass is 585 g/mol. The number of ether oxygens (including phenoxy) is 2. The molecule has 14 atom stereocenters. The molecular weight excluding hydrogens is 538 g/mol. The Balaban J connectivity index is 1.22. The number of fused-ring (bicyclic) bond motifs is 7. The van der Waals surface area contributed by atoms with Crippen LogP contribution in [0.4, 0.5) is 5.69 Å². The van der Waals surface area contributed by atoms with Gasteiger partial charge in [-0.15, -0.1) is 0 Å². The first kappa shape index (κ1) is 27.3. The summed E-state index contributed by atoms with van der Waals surface area (Å²) < 4.78 is 13.9. The van der Waals surface area contributed by atoms with Crippen LogP contribution < -0.4 is 5.32 Å². The van der Waals surface area contributed by atoms with Gasteiger partial charge in [-0.1, -0.05) is 27.4 Å². The maximum Gasteiger partial charge on any atom is 0.166 e. The first-order valence-electron chi connectivity index (χ1n) is 16.8. The lowest BCUT2D eigenvalue weighted by Gasteiger charge is -2.66. The Morgan fingerprint density at radius 1 is 1.07 bits per heavy atom. The molecule has 230 valence electrons. The summed E-state index contributed by atoms with van der Waals surface area (Å²) in [6.45, 7) is 17.4. The maximum atomic E-state index is 13.8. The van der Waals surface area contributed by atoms with Crippen molar-refractivity contribution in [2.24, 2.45) is 34.5 Å². The summed E-state index contributed by atoms with van der Waals surface area (Å²) in [6, 6.07) is 4.34. The average molecular weight is 586 g/mol. The molecule has 14 unspecified atom stereocenters. The second-order valence-corrected chi connectivity index (χ2v) is 16.7. The van der Waals surface area contributed by atoms with E-state index in [1.165, 1.54) is 16.8 Å². The maximum absolute atomic E-state index is 13.8. The minimum absolute atomic E-state index is 0.00812. The van der Waals surface area contributed by atoms with Gasteiger partial charge in [-0.3, -0.25) is 4.79 Å². The van der Waals surface area contributed by atoms with E-state index in [1.807, 2.05) is 13.0 Å². The average Bonchev–Trinajstić information content (AvgIpc) is 3.41. The van der Waals surface area contributed by atoms with E-state index in [-0.39, 0.29) is 47.0 Å². The topological polar surface area (TPSA) is 88.0 Å². The third-order valence-electron chi connectivity index (χ3n) is 15.0. The first-order valence-corrected chi connectivity index (χ1v) is 16.8. The second kappa shape index (κ2) is 8.04. The molecule has 4 saturated carbocycles. The Morgan fingerprint density at radius 2 is 1.84 bits per heavy atom. The van der Waals surface area contributed by atoms with E-state index in [1.54, 1.807) is 0 Å². The number of anilines is 1. The van der Waals surface area contributed by atoms with E-state index in [0.29, 0.717) is 30.0 Å². The van der Waals surface area contributed by atoms with E-state index in [4.69, 9.17) is 9.47 Å². The van der Waals surface area contributed by atoms with E-state index >= 15 is 0 Å². The van der Waals surface area contributed by atoms with Crippen LogP contribution >= 0.6 is 0 Å². The molecule has 4 fully saturated rings. The molecule has 0 amide bonds. The highest BCUT2D eigenvalue weighted by atomic mass is 16.5. The number of rotatable bonds is 1. The summed E-state index contributed by atoms with van der Waals surface area (Å²) in [5.74, 6) is 1.90. The summed E-state index contributed by atoms with van der Waals surface area (Å²) in [7, 11) is 0. The molecule has 0 spiro atoms. The van der Waals surface area contributed by atoms with Crippen molar-refractivity contribution in [3.63, 3.8) is 0 Å². The molecule has 3 heterocycles. The van der Waals surface area contributed by atoms with Crippen LogP contribution in [0.1, 0.15) is 107 Å². The fraction of sp³-hybridized carbons (Fsp3) is 0.703. The van der Waals surface area contributed by atoms with Crippen LogP contribution in [0.3, 0.4) is 0 Å². The molecule has 1 aromatic carbocycles. The lowest BCUT2D eigenvalue weighted by Crippen LogP contribution is -2.69. The molecule has 3 aliphatic heterocycles. The number of ketones is 1. The molecule has 0 radical (unpaired) electrons. The van der Waals surface area contributed by atoms with Gasteiger partial charge in [0.1, 0.15) is 12.2 Å². The zero-order chi connectivity index (χ0) is 30.2. The van der Waals surface area contributed by atoms with Gasteiger partial charge < -0.3 is 25.0 Å². The fourth-order valence-electron chi connectivity index (χ4n) is 12.6. The van der Waals surface area contributed by atoms with Gasteiger partial charge in [-0.25, -0.2) is 0 Å². The molecule has 0 aromatic heterocycles. The SMILES string of the molecule is C=C(C)C1OC2CCC3(C)C(O)(CCC4C5OC(C)(C)C6CC7C(C)C(=O)c8ccc9c(c8C76)C5C(N9)C43C)C2=CC1O. The number of Topliss-reactive ketones (excluding diaryl/α,β-unsaturated/α-hetero) is 1. The van der Waals surface area contributed by atoms with Crippen LogP contribution in [0.2, 0.25) is 0 Å². The van der Waals surface area contributed by atoms with Crippen molar-refractivity contribution in [2.45, 2.75) is 127 Å². The highest BCUT2D eigenvalue weighted by Gasteiger charge is 2.77. The van der Waals surface area contributed by atoms with Crippen molar-refractivity contribution in [2.75, 3.05) is 5.32 Å². The van der Waals surface area contributed by atoms with Crippen LogP contribution in [0.15, 0.2) is 35.9 Å². The van der Waals surface area contributed by atoms with Crippen LogP contribution in [-0.4, -0.2) is 57.7 Å². The normalized spacial score (nSPS) is 52.7. The molecule has 6 heteroatoms. The zero-order valence-electron chi connectivity index (χ0n) is 26.4. The van der Waals surface area contributed by atoms with Crippen molar-refractivity contribution in [1.29, 1.82) is 0 Å². The molecule has 5 aliphatic carbocycles. The summed E-state index contributed by atoms with van der Waals surface area (Å²) in [6.07, 6.45) is 4.61. The van der Waals surface area contributed by atoms with Crippen molar-refractivity contribution in [3.05, 3.63) is 52.6 Å². The zero-order valence-corrected chi connectivity index (χ0v) is 26.4. The molecule has 0 bridgehead atoms. The molecule has 3 N–H and O–H groups in total. The Labute approximate surface area is 255 Å². The standard InChI is InChI=1S/C37H47NO5/c1-16(2)31-24(39)15-21-25(42-31)11-12-35(6)36(7)20(10-13-37(21,35)41)32-29-28-23(38-33(29)36)9-8-18-27(28)26-19(17(3)30(18)40)14-22(26)34(4,5)43-32/h8-9,15,17,19-20,22,24-26,29,31-33,38-39,41H,1,10-14H2,2-7H3. The van der Waals surface area contributed by atoms with Crippen LogP contribution in [0, 0.1) is 34.5 Å². The summed E-state index contributed by atoms with van der Waals surface area (Å²) >= 11 is 0. The molecule has 1 aromatic rings. The third-order valence-corrected chi connectivity index (χ3v) is 15.0. The van der Waals surface area contributed by atoms with Crippen molar-refractivity contribution < 1.29 is 24.5 Å². The number of nitrogens with one attached hydrogen (secondary N) is 1. The van der Waals surface area contributed by atoms with Gasteiger partial charge in [0.15, 0.2) is 5.78 Å². The Hall–Kier alpha value is -1.99. The molecule has 0 saturated heterocycles. The Kier molecular flexibility index (Phi) is 5.11. The highest BCUT2D eigenvalue weighted by molar-refractivity contribution is 6.02. The van der Waals surface area contributed by atoms with E-state index in [9.17, 15) is 15.0 Å².